The van der Waals surface area contributed by atoms with Crippen LogP contribution in [0.2, 0.25) is 5.02 Å². The topological polar surface area (TPSA) is 73.0 Å². The van der Waals surface area contributed by atoms with Gasteiger partial charge >= 0.3 is 0 Å². The van der Waals surface area contributed by atoms with E-state index in [0.717, 1.165) is 19.3 Å². The van der Waals surface area contributed by atoms with Crippen LogP contribution in [0.4, 0.5) is 4.39 Å². The second-order valence-corrected chi connectivity index (χ2v) is 9.15. The zero-order valence-corrected chi connectivity index (χ0v) is 19.2. The molecule has 1 saturated carbocycles. The molecule has 1 amide bonds. The lowest BCUT2D eigenvalue weighted by Crippen LogP contribution is -2.48. The summed E-state index contributed by atoms with van der Waals surface area (Å²) in [6.07, 6.45) is 5.74. The van der Waals surface area contributed by atoms with Gasteiger partial charge in [0.1, 0.15) is 24.1 Å². The molecule has 170 valence electrons. The van der Waals surface area contributed by atoms with Crippen LogP contribution in [0.3, 0.4) is 0 Å². The maximum Gasteiger partial charge on any atom is 0.264 e. The highest BCUT2D eigenvalue weighted by Gasteiger charge is 2.35. The third-order valence-corrected chi connectivity index (χ3v) is 7.15. The molecule has 0 spiro atoms. The molecule has 2 heterocycles. The first-order valence-electron chi connectivity index (χ1n) is 10.9. The van der Waals surface area contributed by atoms with Crippen molar-refractivity contribution in [3.05, 3.63) is 57.5 Å². The molecule has 3 aromatic rings. The number of aromatic nitrogens is 4. The van der Waals surface area contributed by atoms with Gasteiger partial charge in [0.05, 0.1) is 12.7 Å². The van der Waals surface area contributed by atoms with Gasteiger partial charge in [-0.15, -0.1) is 0 Å². The van der Waals surface area contributed by atoms with E-state index in [1.54, 1.807) is 24.1 Å². The molecular formula is C23H27ClFN5O2. The molecule has 9 heteroatoms. The molecule has 0 saturated heterocycles. The number of aryl methyl sites for hydroxylation is 1. The van der Waals surface area contributed by atoms with E-state index in [9.17, 15) is 14.0 Å². The monoisotopic (exact) mass is 459 g/mol. The molecule has 0 aliphatic heterocycles. The van der Waals surface area contributed by atoms with Crippen LogP contribution >= 0.6 is 11.6 Å². The molecule has 1 aliphatic carbocycles. The molecule has 0 bridgehead atoms. The van der Waals surface area contributed by atoms with Gasteiger partial charge < -0.3 is 4.90 Å². The Labute approximate surface area is 190 Å². The van der Waals surface area contributed by atoms with E-state index >= 15 is 0 Å². The summed E-state index contributed by atoms with van der Waals surface area (Å²) in [5.74, 6) is -0.0185. The molecule has 1 aliphatic rings. The highest BCUT2D eigenvalue weighted by molar-refractivity contribution is 6.31. The summed E-state index contributed by atoms with van der Waals surface area (Å²) >= 11 is 6.28. The smallest absolute Gasteiger partial charge is 0.264 e. The van der Waals surface area contributed by atoms with Crippen molar-refractivity contribution in [3.63, 3.8) is 0 Å². The van der Waals surface area contributed by atoms with Gasteiger partial charge in [-0.05, 0) is 30.4 Å². The largest absolute Gasteiger partial charge is 0.333 e. The number of hydrogen-bond acceptors (Lipinski definition) is 4. The molecule has 1 aromatic carbocycles. The Morgan fingerprint density at radius 3 is 2.84 bits per heavy atom. The molecular weight excluding hydrogens is 433 g/mol. The Balaban J connectivity index is 1.68. The summed E-state index contributed by atoms with van der Waals surface area (Å²) < 4.78 is 17.4. The van der Waals surface area contributed by atoms with Gasteiger partial charge in [-0.1, -0.05) is 44.4 Å². The Bertz CT molecular complexity index is 1190. The fraction of sp³-hybridized carbons (Fsp3) is 0.478. The lowest BCUT2D eigenvalue weighted by atomic mass is 9.77. The van der Waals surface area contributed by atoms with Crippen LogP contribution in [0.5, 0.6) is 0 Å². The number of benzene rings is 1. The van der Waals surface area contributed by atoms with Crippen LogP contribution in [-0.4, -0.2) is 36.2 Å². The number of fused-ring (bicyclic) bond motifs is 1. The quantitative estimate of drug-likeness (QED) is 0.582. The number of rotatable bonds is 5. The van der Waals surface area contributed by atoms with Gasteiger partial charge in [-0.25, -0.2) is 9.37 Å². The summed E-state index contributed by atoms with van der Waals surface area (Å²) in [5.41, 5.74) is 0.426. The third kappa shape index (κ3) is 4.16. The number of halogens is 2. The minimum atomic E-state index is -0.442. The van der Waals surface area contributed by atoms with E-state index in [1.165, 1.54) is 27.8 Å². The number of carbonyl (C=O) groups excluding carboxylic acids is 1. The maximum atomic E-state index is 14.6. The fourth-order valence-corrected chi connectivity index (χ4v) is 4.88. The predicted molar refractivity (Wildman–Crippen MR) is 121 cm³/mol. The van der Waals surface area contributed by atoms with E-state index in [0.29, 0.717) is 22.5 Å². The number of nitrogens with zero attached hydrogens (tertiary/aromatic N) is 5. The van der Waals surface area contributed by atoms with Crippen molar-refractivity contribution in [2.24, 2.45) is 18.9 Å². The zero-order chi connectivity index (χ0) is 23.0. The first-order valence-corrected chi connectivity index (χ1v) is 11.2. The highest BCUT2D eigenvalue weighted by atomic mass is 35.5. The second-order valence-electron chi connectivity index (χ2n) is 8.74. The maximum absolute atomic E-state index is 14.6. The Hall–Kier alpha value is -2.74. The summed E-state index contributed by atoms with van der Waals surface area (Å²) in [5, 5.41) is 4.71. The predicted octanol–water partition coefficient (Wildman–Crippen LogP) is 3.78. The molecule has 0 unspecified atom stereocenters. The van der Waals surface area contributed by atoms with E-state index in [4.69, 9.17) is 11.6 Å². The standard InChI is InChI=1S/C23H27ClFN5O2/c1-14-6-4-9-20(15(14)2)30(11-17-18(24)7-5-8-19(17)25)21(31)12-29-13-26-22-16(23(29)32)10-27-28(22)3/h5,7-8,10,13-15,20H,4,6,9,11-12H2,1-3H3/t14-,15+,20-/m1/s1. The summed E-state index contributed by atoms with van der Waals surface area (Å²) in [7, 11) is 1.70. The molecule has 1 fully saturated rings. The fourth-order valence-electron chi connectivity index (χ4n) is 4.65. The van der Waals surface area contributed by atoms with Crippen LogP contribution in [-0.2, 0) is 24.9 Å². The van der Waals surface area contributed by atoms with Crippen molar-refractivity contribution >= 4 is 28.5 Å². The second kappa shape index (κ2) is 9.02. The normalized spacial score (nSPS) is 21.1. The Morgan fingerprint density at radius 2 is 2.09 bits per heavy atom. The zero-order valence-electron chi connectivity index (χ0n) is 18.5. The lowest BCUT2D eigenvalue weighted by Gasteiger charge is -2.42. The van der Waals surface area contributed by atoms with E-state index < -0.39 is 5.82 Å². The molecule has 2 aromatic heterocycles. The van der Waals surface area contributed by atoms with E-state index in [-0.39, 0.29) is 41.5 Å². The van der Waals surface area contributed by atoms with Crippen molar-refractivity contribution in [3.8, 4) is 0 Å². The van der Waals surface area contributed by atoms with Gasteiger partial charge in [-0.2, -0.15) is 5.10 Å². The van der Waals surface area contributed by atoms with Crippen molar-refractivity contribution in [1.82, 2.24) is 24.2 Å². The number of carbonyl (C=O) groups is 1. The molecule has 3 atom stereocenters. The first kappa shape index (κ1) is 22.5. The van der Waals surface area contributed by atoms with Crippen LogP contribution in [0, 0.1) is 17.7 Å². The summed E-state index contributed by atoms with van der Waals surface area (Å²) in [6.45, 7) is 4.19. The Kier molecular flexibility index (Phi) is 6.33. The average molecular weight is 460 g/mol. The molecule has 0 radical (unpaired) electrons. The Morgan fingerprint density at radius 1 is 1.31 bits per heavy atom. The van der Waals surface area contributed by atoms with Crippen LogP contribution in [0.25, 0.3) is 11.0 Å². The molecule has 4 rings (SSSR count). The van der Waals surface area contributed by atoms with Crippen molar-refractivity contribution in [1.29, 1.82) is 0 Å². The van der Waals surface area contributed by atoms with Crippen LogP contribution in [0.1, 0.15) is 38.7 Å². The van der Waals surface area contributed by atoms with E-state index in [2.05, 4.69) is 23.9 Å². The molecule has 32 heavy (non-hydrogen) atoms. The van der Waals surface area contributed by atoms with Crippen LogP contribution in [0.15, 0.2) is 35.5 Å². The van der Waals surface area contributed by atoms with Gasteiger partial charge in [-0.3, -0.25) is 18.8 Å². The van der Waals surface area contributed by atoms with Crippen molar-refractivity contribution in [2.75, 3.05) is 0 Å². The minimum Gasteiger partial charge on any atom is -0.333 e. The average Bonchev–Trinajstić information content (AvgIpc) is 3.14. The molecule has 7 nitrogen and oxygen atoms in total. The van der Waals surface area contributed by atoms with Gasteiger partial charge in [0.2, 0.25) is 5.91 Å². The van der Waals surface area contributed by atoms with Gasteiger partial charge in [0, 0.05) is 23.7 Å². The summed E-state index contributed by atoms with van der Waals surface area (Å²) in [4.78, 5) is 32.4. The van der Waals surface area contributed by atoms with Crippen molar-refractivity contribution < 1.29 is 9.18 Å². The number of amides is 1. The van der Waals surface area contributed by atoms with Crippen LogP contribution < -0.4 is 5.56 Å². The van der Waals surface area contributed by atoms with Gasteiger partial charge in [0.25, 0.3) is 5.56 Å². The first-order chi connectivity index (χ1) is 15.3. The van der Waals surface area contributed by atoms with Gasteiger partial charge in [0.15, 0.2) is 5.65 Å². The van der Waals surface area contributed by atoms with Crippen molar-refractivity contribution in [2.45, 2.75) is 52.2 Å². The third-order valence-electron chi connectivity index (χ3n) is 6.80. The van der Waals surface area contributed by atoms with E-state index in [1.807, 2.05) is 0 Å². The number of hydrogen-bond donors (Lipinski definition) is 0. The lowest BCUT2D eigenvalue weighted by molar-refractivity contribution is -0.137. The SMILES string of the molecule is C[C@H]1[C@H](C)CCC[C@H]1N(Cc1c(F)cccc1Cl)C(=O)Cn1cnc2c(cnn2C)c1=O. The molecule has 0 N–H and O–H groups in total. The minimum absolute atomic E-state index is 0.0589. The summed E-state index contributed by atoms with van der Waals surface area (Å²) in [6, 6.07) is 4.46. The highest BCUT2D eigenvalue weighted by Crippen LogP contribution is 2.34.